The van der Waals surface area contributed by atoms with Gasteiger partial charge in [0.15, 0.2) is 0 Å². The van der Waals surface area contributed by atoms with Gasteiger partial charge in [-0.2, -0.15) is 0 Å². The van der Waals surface area contributed by atoms with E-state index in [1.54, 1.807) is 20.2 Å². The maximum absolute atomic E-state index is 9.76. The van der Waals surface area contributed by atoms with E-state index in [4.69, 9.17) is 4.74 Å². The SMILES string of the molecule is COC1CCCN(c2ncccc2[C@@H](C)O)C1. The molecule has 1 saturated heterocycles. The monoisotopic (exact) mass is 236 g/mol. The highest BCUT2D eigenvalue weighted by Gasteiger charge is 2.23. The lowest BCUT2D eigenvalue weighted by molar-refractivity contribution is 0.0889. The molecule has 0 bridgehead atoms. The van der Waals surface area contributed by atoms with Crippen LogP contribution in [0.4, 0.5) is 5.82 Å². The Kier molecular flexibility index (Phi) is 3.97. The zero-order valence-corrected chi connectivity index (χ0v) is 10.5. The van der Waals surface area contributed by atoms with Crippen LogP contribution in [-0.2, 0) is 4.74 Å². The van der Waals surface area contributed by atoms with Crippen molar-refractivity contribution < 1.29 is 9.84 Å². The Morgan fingerprint density at radius 3 is 3.12 bits per heavy atom. The van der Waals surface area contributed by atoms with Crippen LogP contribution in [0.2, 0.25) is 0 Å². The van der Waals surface area contributed by atoms with E-state index in [1.807, 2.05) is 12.1 Å². The highest BCUT2D eigenvalue weighted by atomic mass is 16.5. The van der Waals surface area contributed by atoms with Gasteiger partial charge >= 0.3 is 0 Å². The number of methoxy groups -OCH3 is 1. The van der Waals surface area contributed by atoms with Crippen LogP contribution in [0, 0.1) is 0 Å². The van der Waals surface area contributed by atoms with Gasteiger partial charge in [-0.05, 0) is 25.8 Å². The van der Waals surface area contributed by atoms with Crippen molar-refractivity contribution in [3.05, 3.63) is 23.9 Å². The second kappa shape index (κ2) is 5.47. The molecule has 0 aliphatic carbocycles. The molecule has 0 aromatic carbocycles. The van der Waals surface area contributed by atoms with Gasteiger partial charge in [-0.3, -0.25) is 0 Å². The molecule has 0 radical (unpaired) electrons. The number of ether oxygens (including phenoxy) is 1. The topological polar surface area (TPSA) is 45.6 Å². The summed E-state index contributed by atoms with van der Waals surface area (Å²) in [6.07, 6.45) is 3.77. The van der Waals surface area contributed by atoms with Gasteiger partial charge in [0.2, 0.25) is 0 Å². The molecule has 4 heteroatoms. The van der Waals surface area contributed by atoms with Gasteiger partial charge in [-0.25, -0.2) is 4.98 Å². The van der Waals surface area contributed by atoms with E-state index in [0.29, 0.717) is 0 Å². The summed E-state index contributed by atoms with van der Waals surface area (Å²) >= 11 is 0. The van der Waals surface area contributed by atoms with Crippen molar-refractivity contribution in [2.45, 2.75) is 32.0 Å². The van der Waals surface area contributed by atoms with Gasteiger partial charge < -0.3 is 14.7 Å². The van der Waals surface area contributed by atoms with Crippen LogP contribution < -0.4 is 4.90 Å². The van der Waals surface area contributed by atoms with Gasteiger partial charge in [-0.15, -0.1) is 0 Å². The zero-order valence-electron chi connectivity index (χ0n) is 10.5. The second-order valence-corrected chi connectivity index (χ2v) is 4.54. The first kappa shape index (κ1) is 12.3. The van der Waals surface area contributed by atoms with Crippen LogP contribution in [0.3, 0.4) is 0 Å². The fourth-order valence-electron chi connectivity index (χ4n) is 2.32. The van der Waals surface area contributed by atoms with Crippen LogP contribution in [-0.4, -0.2) is 36.4 Å². The number of nitrogens with zero attached hydrogens (tertiary/aromatic N) is 2. The number of pyridine rings is 1. The molecular weight excluding hydrogens is 216 g/mol. The van der Waals surface area contributed by atoms with E-state index in [0.717, 1.165) is 37.3 Å². The third kappa shape index (κ3) is 2.76. The van der Waals surface area contributed by atoms with Crippen LogP contribution in [0.15, 0.2) is 18.3 Å². The Morgan fingerprint density at radius 1 is 1.59 bits per heavy atom. The van der Waals surface area contributed by atoms with E-state index in [-0.39, 0.29) is 6.10 Å². The molecule has 94 valence electrons. The van der Waals surface area contributed by atoms with E-state index < -0.39 is 6.10 Å². The summed E-state index contributed by atoms with van der Waals surface area (Å²) in [7, 11) is 1.75. The molecule has 4 nitrogen and oxygen atoms in total. The highest BCUT2D eigenvalue weighted by Crippen LogP contribution is 2.26. The summed E-state index contributed by atoms with van der Waals surface area (Å²) in [5.41, 5.74) is 0.893. The molecule has 0 saturated carbocycles. The normalized spacial score (nSPS) is 22.5. The first-order valence-electron chi connectivity index (χ1n) is 6.13. The van der Waals surface area contributed by atoms with E-state index >= 15 is 0 Å². The molecule has 1 aromatic rings. The van der Waals surface area contributed by atoms with Crippen molar-refractivity contribution >= 4 is 5.82 Å². The lowest BCUT2D eigenvalue weighted by Gasteiger charge is -2.34. The van der Waals surface area contributed by atoms with Crippen molar-refractivity contribution in [3.8, 4) is 0 Å². The number of hydrogen-bond acceptors (Lipinski definition) is 4. The second-order valence-electron chi connectivity index (χ2n) is 4.54. The van der Waals surface area contributed by atoms with Crippen molar-refractivity contribution in [1.82, 2.24) is 4.98 Å². The Hall–Kier alpha value is -1.13. The number of aliphatic hydroxyl groups is 1. The maximum atomic E-state index is 9.76. The van der Waals surface area contributed by atoms with Crippen LogP contribution in [0.25, 0.3) is 0 Å². The van der Waals surface area contributed by atoms with Gasteiger partial charge in [0.25, 0.3) is 0 Å². The number of aromatic nitrogens is 1. The lowest BCUT2D eigenvalue weighted by atomic mass is 10.1. The third-order valence-corrected chi connectivity index (χ3v) is 3.28. The number of aliphatic hydroxyl groups excluding tert-OH is 1. The first-order valence-corrected chi connectivity index (χ1v) is 6.13. The molecule has 1 aliphatic heterocycles. The third-order valence-electron chi connectivity index (χ3n) is 3.28. The Morgan fingerprint density at radius 2 is 2.41 bits per heavy atom. The minimum Gasteiger partial charge on any atom is -0.389 e. The Labute approximate surface area is 102 Å². The predicted molar refractivity (Wildman–Crippen MR) is 67.1 cm³/mol. The maximum Gasteiger partial charge on any atom is 0.134 e. The van der Waals surface area contributed by atoms with Gasteiger partial charge in [0.05, 0.1) is 12.2 Å². The molecule has 2 atom stereocenters. The van der Waals surface area contributed by atoms with Crippen molar-refractivity contribution in [1.29, 1.82) is 0 Å². The van der Waals surface area contributed by atoms with Crippen molar-refractivity contribution in [3.63, 3.8) is 0 Å². The van der Waals surface area contributed by atoms with Gasteiger partial charge in [0, 0.05) is 32.0 Å². The quantitative estimate of drug-likeness (QED) is 0.868. The van der Waals surface area contributed by atoms with Crippen molar-refractivity contribution in [2.24, 2.45) is 0 Å². The van der Waals surface area contributed by atoms with E-state index in [1.165, 1.54) is 0 Å². The average Bonchev–Trinajstić information content (AvgIpc) is 2.39. The molecule has 17 heavy (non-hydrogen) atoms. The highest BCUT2D eigenvalue weighted by molar-refractivity contribution is 5.48. The van der Waals surface area contributed by atoms with E-state index in [9.17, 15) is 5.11 Å². The summed E-state index contributed by atoms with van der Waals surface area (Å²) in [4.78, 5) is 6.61. The van der Waals surface area contributed by atoms with Crippen LogP contribution in [0.1, 0.15) is 31.4 Å². The summed E-state index contributed by atoms with van der Waals surface area (Å²) in [6, 6.07) is 3.80. The fraction of sp³-hybridized carbons (Fsp3) is 0.615. The van der Waals surface area contributed by atoms with Gasteiger partial charge in [0.1, 0.15) is 5.82 Å². The van der Waals surface area contributed by atoms with Crippen LogP contribution in [0.5, 0.6) is 0 Å². The first-order chi connectivity index (χ1) is 8.22. The van der Waals surface area contributed by atoms with Crippen molar-refractivity contribution in [2.75, 3.05) is 25.1 Å². The molecular formula is C13H20N2O2. The zero-order chi connectivity index (χ0) is 12.3. The largest absolute Gasteiger partial charge is 0.389 e. The number of rotatable bonds is 3. The average molecular weight is 236 g/mol. The molecule has 1 aromatic heterocycles. The standard InChI is InChI=1S/C13H20N2O2/c1-10(16)12-6-3-7-14-13(12)15-8-4-5-11(9-15)17-2/h3,6-7,10-11,16H,4-5,8-9H2,1-2H3/t10-,11?/m1/s1. The molecule has 0 amide bonds. The Balaban J connectivity index is 2.21. The minimum atomic E-state index is -0.485. The predicted octanol–water partition coefficient (Wildman–Crippen LogP) is 1.75. The summed E-state index contributed by atoms with van der Waals surface area (Å²) in [5, 5.41) is 9.76. The Bertz CT molecular complexity index is 368. The molecule has 1 unspecified atom stereocenters. The minimum absolute atomic E-state index is 0.271. The summed E-state index contributed by atoms with van der Waals surface area (Å²) < 4.78 is 5.41. The molecule has 0 spiro atoms. The molecule has 2 heterocycles. The van der Waals surface area contributed by atoms with Crippen LogP contribution >= 0.6 is 0 Å². The molecule has 2 rings (SSSR count). The molecule has 1 fully saturated rings. The number of hydrogen-bond donors (Lipinski definition) is 1. The fourth-order valence-corrected chi connectivity index (χ4v) is 2.32. The summed E-state index contributed by atoms with van der Waals surface area (Å²) in [6.45, 7) is 3.61. The molecule has 1 N–H and O–H groups in total. The lowest BCUT2D eigenvalue weighted by Crippen LogP contribution is -2.40. The summed E-state index contributed by atoms with van der Waals surface area (Å²) in [5.74, 6) is 0.893. The van der Waals surface area contributed by atoms with Gasteiger partial charge in [-0.1, -0.05) is 6.07 Å². The number of piperidine rings is 1. The van der Waals surface area contributed by atoms with E-state index in [2.05, 4.69) is 9.88 Å². The number of anilines is 1. The smallest absolute Gasteiger partial charge is 0.134 e. The molecule has 1 aliphatic rings.